The quantitative estimate of drug-likeness (QED) is 0.638. The van der Waals surface area contributed by atoms with Crippen LogP contribution >= 0.6 is 0 Å². The summed E-state index contributed by atoms with van der Waals surface area (Å²) in [6.45, 7) is 2.01. The SMILES string of the molecule is Cc1ccc(-n2cnc3c2CCCC3)c(C(=N)N)c1. The first kappa shape index (κ1) is 12.0. The maximum Gasteiger partial charge on any atom is 0.124 e. The van der Waals surface area contributed by atoms with Crippen LogP contribution in [0.5, 0.6) is 0 Å². The van der Waals surface area contributed by atoms with Gasteiger partial charge in [-0.15, -0.1) is 0 Å². The summed E-state index contributed by atoms with van der Waals surface area (Å²) in [5.41, 5.74) is 11.0. The van der Waals surface area contributed by atoms with Crippen molar-refractivity contribution in [3.8, 4) is 5.69 Å². The smallest absolute Gasteiger partial charge is 0.124 e. The van der Waals surface area contributed by atoms with Gasteiger partial charge in [-0.05, 0) is 44.7 Å². The molecule has 4 heteroatoms. The second kappa shape index (κ2) is 4.53. The highest BCUT2D eigenvalue weighted by molar-refractivity contribution is 5.98. The molecule has 4 nitrogen and oxygen atoms in total. The number of hydrogen-bond acceptors (Lipinski definition) is 2. The van der Waals surface area contributed by atoms with Crippen molar-refractivity contribution in [3.63, 3.8) is 0 Å². The molecule has 0 unspecified atom stereocenters. The van der Waals surface area contributed by atoms with E-state index in [-0.39, 0.29) is 5.84 Å². The number of aromatic nitrogens is 2. The third-order valence-electron chi connectivity index (χ3n) is 3.73. The van der Waals surface area contributed by atoms with E-state index in [4.69, 9.17) is 11.1 Å². The topological polar surface area (TPSA) is 67.7 Å². The number of nitrogen functional groups attached to an aromatic ring is 1. The minimum Gasteiger partial charge on any atom is -0.384 e. The summed E-state index contributed by atoms with van der Waals surface area (Å²) in [5, 5.41) is 7.76. The number of benzene rings is 1. The molecule has 3 rings (SSSR count). The Labute approximate surface area is 112 Å². The molecule has 98 valence electrons. The van der Waals surface area contributed by atoms with Gasteiger partial charge in [-0.2, -0.15) is 0 Å². The van der Waals surface area contributed by atoms with Crippen LogP contribution in [0.15, 0.2) is 24.5 Å². The number of imidazole rings is 1. The molecule has 0 saturated carbocycles. The van der Waals surface area contributed by atoms with Gasteiger partial charge in [-0.25, -0.2) is 4.98 Å². The minimum absolute atomic E-state index is 0.108. The molecule has 0 fully saturated rings. The number of nitrogens with one attached hydrogen (secondary N) is 1. The van der Waals surface area contributed by atoms with Gasteiger partial charge in [-0.3, -0.25) is 5.41 Å². The lowest BCUT2D eigenvalue weighted by Crippen LogP contribution is -2.16. The maximum atomic E-state index is 7.76. The van der Waals surface area contributed by atoms with Crippen LogP contribution in [-0.4, -0.2) is 15.4 Å². The molecule has 0 saturated heterocycles. The van der Waals surface area contributed by atoms with Crippen LogP contribution in [0, 0.1) is 12.3 Å². The Morgan fingerprint density at radius 2 is 2.11 bits per heavy atom. The zero-order valence-corrected chi connectivity index (χ0v) is 11.1. The second-order valence-corrected chi connectivity index (χ2v) is 5.15. The summed E-state index contributed by atoms with van der Waals surface area (Å²) < 4.78 is 2.10. The maximum absolute atomic E-state index is 7.76. The van der Waals surface area contributed by atoms with Crippen LogP contribution in [0.4, 0.5) is 0 Å². The molecule has 0 aliphatic heterocycles. The van der Waals surface area contributed by atoms with Crippen LogP contribution < -0.4 is 5.73 Å². The van der Waals surface area contributed by atoms with E-state index in [1.807, 2.05) is 25.4 Å². The Kier molecular flexibility index (Phi) is 2.85. The first-order valence-electron chi connectivity index (χ1n) is 6.67. The van der Waals surface area contributed by atoms with Gasteiger partial charge in [-0.1, -0.05) is 11.6 Å². The lowest BCUT2D eigenvalue weighted by atomic mass is 10.0. The fraction of sp³-hybridized carbons (Fsp3) is 0.333. The number of amidine groups is 1. The van der Waals surface area contributed by atoms with E-state index < -0.39 is 0 Å². The van der Waals surface area contributed by atoms with Crippen LogP contribution in [0.2, 0.25) is 0 Å². The summed E-state index contributed by atoms with van der Waals surface area (Å²) in [5.74, 6) is 0.108. The fourth-order valence-corrected chi connectivity index (χ4v) is 2.75. The Bertz CT molecular complexity index is 640. The van der Waals surface area contributed by atoms with E-state index >= 15 is 0 Å². The van der Waals surface area contributed by atoms with E-state index in [1.54, 1.807) is 0 Å². The lowest BCUT2D eigenvalue weighted by Gasteiger charge is -2.16. The summed E-state index contributed by atoms with van der Waals surface area (Å²) in [7, 11) is 0. The standard InChI is InChI=1S/C15H18N4/c1-10-6-7-13(11(8-10)15(16)17)19-9-18-12-4-2-3-5-14(12)19/h6-9H,2-5H2,1H3,(H3,16,17). The van der Waals surface area contributed by atoms with Crippen LogP contribution in [0.3, 0.4) is 0 Å². The Balaban J connectivity index is 2.17. The Hall–Kier alpha value is -2.10. The van der Waals surface area contributed by atoms with Crippen molar-refractivity contribution in [1.82, 2.24) is 9.55 Å². The van der Waals surface area contributed by atoms with Crippen molar-refractivity contribution >= 4 is 5.84 Å². The van der Waals surface area contributed by atoms with Gasteiger partial charge in [0.25, 0.3) is 0 Å². The van der Waals surface area contributed by atoms with Crippen molar-refractivity contribution in [2.45, 2.75) is 32.6 Å². The molecule has 0 spiro atoms. The number of hydrogen-bond donors (Lipinski definition) is 2. The summed E-state index contributed by atoms with van der Waals surface area (Å²) in [4.78, 5) is 4.51. The first-order chi connectivity index (χ1) is 9.16. The molecule has 1 aromatic carbocycles. The minimum atomic E-state index is 0.108. The van der Waals surface area contributed by atoms with E-state index in [1.165, 1.54) is 24.2 Å². The Morgan fingerprint density at radius 1 is 1.32 bits per heavy atom. The number of nitrogens with two attached hydrogens (primary N) is 1. The number of fused-ring (bicyclic) bond motifs is 1. The molecule has 1 aromatic heterocycles. The predicted octanol–water partition coefficient (Wildman–Crippen LogP) is 2.34. The predicted molar refractivity (Wildman–Crippen MR) is 76.0 cm³/mol. The molecular weight excluding hydrogens is 236 g/mol. The molecule has 1 heterocycles. The average Bonchev–Trinajstić information content (AvgIpc) is 2.82. The fourth-order valence-electron chi connectivity index (χ4n) is 2.75. The molecule has 0 radical (unpaired) electrons. The first-order valence-corrected chi connectivity index (χ1v) is 6.67. The Morgan fingerprint density at radius 3 is 2.89 bits per heavy atom. The van der Waals surface area contributed by atoms with Gasteiger partial charge in [0, 0.05) is 11.3 Å². The zero-order chi connectivity index (χ0) is 13.4. The van der Waals surface area contributed by atoms with E-state index in [2.05, 4.69) is 15.6 Å². The summed E-state index contributed by atoms with van der Waals surface area (Å²) in [6, 6.07) is 6.05. The van der Waals surface area contributed by atoms with Gasteiger partial charge < -0.3 is 10.3 Å². The zero-order valence-electron chi connectivity index (χ0n) is 11.1. The third-order valence-corrected chi connectivity index (χ3v) is 3.73. The molecule has 0 bridgehead atoms. The van der Waals surface area contributed by atoms with Gasteiger partial charge >= 0.3 is 0 Å². The second-order valence-electron chi connectivity index (χ2n) is 5.15. The third kappa shape index (κ3) is 2.03. The number of aryl methyl sites for hydroxylation is 2. The number of rotatable bonds is 2. The molecular formula is C15H18N4. The molecule has 2 aromatic rings. The van der Waals surface area contributed by atoms with Crippen LogP contribution in [0.1, 0.15) is 35.4 Å². The summed E-state index contributed by atoms with van der Waals surface area (Å²) in [6.07, 6.45) is 6.41. The van der Waals surface area contributed by atoms with E-state index in [9.17, 15) is 0 Å². The highest BCUT2D eigenvalue weighted by Crippen LogP contribution is 2.25. The molecule has 0 amide bonds. The van der Waals surface area contributed by atoms with Crippen LogP contribution in [-0.2, 0) is 12.8 Å². The normalized spacial score (nSPS) is 14.2. The summed E-state index contributed by atoms with van der Waals surface area (Å²) >= 11 is 0. The van der Waals surface area contributed by atoms with Gasteiger partial charge in [0.05, 0.1) is 17.7 Å². The average molecular weight is 254 g/mol. The molecule has 3 N–H and O–H groups in total. The van der Waals surface area contributed by atoms with Gasteiger partial charge in [0.2, 0.25) is 0 Å². The molecule has 1 aliphatic carbocycles. The van der Waals surface area contributed by atoms with E-state index in [0.29, 0.717) is 0 Å². The van der Waals surface area contributed by atoms with Crippen molar-refractivity contribution in [2.75, 3.05) is 0 Å². The highest BCUT2D eigenvalue weighted by atomic mass is 15.1. The van der Waals surface area contributed by atoms with Gasteiger partial charge in [0.1, 0.15) is 5.84 Å². The monoisotopic (exact) mass is 254 g/mol. The van der Waals surface area contributed by atoms with Crippen LogP contribution in [0.25, 0.3) is 5.69 Å². The lowest BCUT2D eigenvalue weighted by molar-refractivity contribution is 0.656. The van der Waals surface area contributed by atoms with E-state index in [0.717, 1.165) is 29.7 Å². The van der Waals surface area contributed by atoms with Crippen molar-refractivity contribution in [1.29, 1.82) is 5.41 Å². The highest BCUT2D eigenvalue weighted by Gasteiger charge is 2.18. The molecule has 1 aliphatic rings. The van der Waals surface area contributed by atoms with Crippen molar-refractivity contribution < 1.29 is 0 Å². The molecule has 0 atom stereocenters. The molecule has 19 heavy (non-hydrogen) atoms. The number of nitrogens with zero attached hydrogens (tertiary/aromatic N) is 2. The van der Waals surface area contributed by atoms with Gasteiger partial charge in [0.15, 0.2) is 0 Å². The largest absolute Gasteiger partial charge is 0.384 e. The van der Waals surface area contributed by atoms with Crippen molar-refractivity contribution in [2.24, 2.45) is 5.73 Å². The van der Waals surface area contributed by atoms with Crippen molar-refractivity contribution in [3.05, 3.63) is 47.0 Å².